The van der Waals surface area contributed by atoms with Crippen LogP contribution in [0.15, 0.2) is 24.7 Å². The van der Waals surface area contributed by atoms with Crippen LogP contribution in [-0.2, 0) is 6.54 Å². The van der Waals surface area contributed by atoms with Gasteiger partial charge in [-0.1, -0.05) is 13.8 Å². The monoisotopic (exact) mass is 308 g/mol. The summed E-state index contributed by atoms with van der Waals surface area (Å²) in [6, 6.07) is 2.20. The van der Waals surface area contributed by atoms with Gasteiger partial charge in [-0.2, -0.15) is 0 Å². The average molecular weight is 308 g/mol. The molecule has 0 radical (unpaired) electrons. The quantitative estimate of drug-likeness (QED) is 0.696. The molecule has 0 aliphatic carbocycles. The predicted octanol–water partition coefficient (Wildman–Crippen LogP) is 2.88. The highest BCUT2D eigenvalue weighted by atomic mass is 19.1. The second-order valence-corrected chi connectivity index (χ2v) is 4.38. The molecule has 0 bridgehead atoms. The Morgan fingerprint density at radius 1 is 1.50 bits per heavy atom. The maximum absolute atomic E-state index is 13.9. The molecule has 2 aromatic rings. The number of H-pyrrole nitrogens is 1. The van der Waals surface area contributed by atoms with Gasteiger partial charge in [-0.15, -0.1) is 0 Å². The number of benzene rings is 1. The van der Waals surface area contributed by atoms with Crippen molar-refractivity contribution in [2.24, 2.45) is 0 Å². The van der Waals surface area contributed by atoms with Crippen LogP contribution in [0.2, 0.25) is 0 Å². The number of nitro benzene ring substituents is 1. The van der Waals surface area contributed by atoms with Gasteiger partial charge in [-0.25, -0.2) is 9.37 Å². The Hall–Kier alpha value is -2.64. The largest absolute Gasteiger partial charge is 0.486 e. The first-order chi connectivity index (χ1) is 10.6. The van der Waals surface area contributed by atoms with Crippen molar-refractivity contribution in [1.82, 2.24) is 9.97 Å². The lowest BCUT2D eigenvalue weighted by atomic mass is 10.2. The van der Waals surface area contributed by atoms with E-state index in [-0.39, 0.29) is 11.4 Å². The fourth-order valence-corrected chi connectivity index (χ4v) is 2.17. The molecule has 22 heavy (non-hydrogen) atoms. The van der Waals surface area contributed by atoms with Crippen LogP contribution in [0.5, 0.6) is 5.75 Å². The number of aromatic nitrogens is 2. The maximum atomic E-state index is 13.9. The lowest BCUT2D eigenvalue weighted by Crippen LogP contribution is -2.32. The standard InChI is InChI=1S/C12H11FN4O3.C2H6/c13-10-3-9(17(18)19)4-11-12(10)20-2-1-16(11)6-8-5-14-7-15-8;1-2/h3-5,7H,1-2,6H2,(H,14,15);1-2H3. The number of hydrogen-bond donors (Lipinski definition) is 1. The molecule has 0 saturated carbocycles. The minimum atomic E-state index is -0.719. The van der Waals surface area contributed by atoms with E-state index in [4.69, 9.17) is 4.74 Å². The van der Waals surface area contributed by atoms with Crippen molar-refractivity contribution in [1.29, 1.82) is 0 Å². The molecule has 7 nitrogen and oxygen atoms in total. The number of nitrogens with one attached hydrogen (secondary N) is 1. The van der Waals surface area contributed by atoms with Crippen LogP contribution < -0.4 is 9.64 Å². The highest BCUT2D eigenvalue weighted by Crippen LogP contribution is 2.38. The zero-order chi connectivity index (χ0) is 16.1. The van der Waals surface area contributed by atoms with Crippen LogP contribution in [0.3, 0.4) is 0 Å². The second-order valence-electron chi connectivity index (χ2n) is 4.38. The molecule has 2 heterocycles. The zero-order valence-corrected chi connectivity index (χ0v) is 12.4. The summed E-state index contributed by atoms with van der Waals surface area (Å²) in [5.74, 6) is -0.662. The van der Waals surface area contributed by atoms with E-state index in [0.29, 0.717) is 25.4 Å². The van der Waals surface area contributed by atoms with E-state index in [1.807, 2.05) is 18.7 Å². The molecule has 1 aliphatic rings. The molecule has 0 amide bonds. The summed E-state index contributed by atoms with van der Waals surface area (Å²) in [6.45, 7) is 5.31. The molecule has 1 aliphatic heterocycles. The van der Waals surface area contributed by atoms with Crippen LogP contribution in [0.25, 0.3) is 0 Å². The molecule has 1 N–H and O–H groups in total. The third-order valence-electron chi connectivity index (χ3n) is 3.08. The molecule has 1 aromatic carbocycles. The molecule has 0 saturated heterocycles. The van der Waals surface area contributed by atoms with Gasteiger partial charge in [0.15, 0.2) is 11.6 Å². The Kier molecular flexibility index (Phi) is 4.92. The molecule has 1 aromatic heterocycles. The van der Waals surface area contributed by atoms with Crippen molar-refractivity contribution < 1.29 is 14.1 Å². The second kappa shape index (κ2) is 6.88. The van der Waals surface area contributed by atoms with Crippen molar-refractivity contribution >= 4 is 11.4 Å². The Labute approximate surface area is 126 Å². The number of rotatable bonds is 3. The lowest BCUT2D eigenvalue weighted by molar-refractivity contribution is -0.385. The van der Waals surface area contributed by atoms with E-state index in [9.17, 15) is 14.5 Å². The highest BCUT2D eigenvalue weighted by Gasteiger charge is 2.25. The zero-order valence-electron chi connectivity index (χ0n) is 12.4. The van der Waals surface area contributed by atoms with Gasteiger partial charge in [0.25, 0.3) is 5.69 Å². The Balaban J connectivity index is 0.000000847. The summed E-state index contributed by atoms with van der Waals surface area (Å²) in [5.41, 5.74) is 0.934. The van der Waals surface area contributed by atoms with E-state index in [0.717, 1.165) is 11.8 Å². The summed E-state index contributed by atoms with van der Waals surface area (Å²) < 4.78 is 19.1. The van der Waals surface area contributed by atoms with E-state index < -0.39 is 10.7 Å². The smallest absolute Gasteiger partial charge is 0.274 e. The van der Waals surface area contributed by atoms with Gasteiger partial charge in [0, 0.05) is 12.3 Å². The SMILES string of the molecule is CC.O=[N+]([O-])c1cc(F)c2c(c1)N(Cc1cnc[nH]1)CCO2. The molecule has 0 spiro atoms. The fourth-order valence-electron chi connectivity index (χ4n) is 2.17. The maximum Gasteiger partial charge on any atom is 0.274 e. The number of aromatic amines is 1. The number of nitrogens with zero attached hydrogens (tertiary/aromatic N) is 3. The van der Waals surface area contributed by atoms with Gasteiger partial charge < -0.3 is 14.6 Å². The van der Waals surface area contributed by atoms with Crippen molar-refractivity contribution in [3.05, 3.63) is 46.3 Å². The number of non-ortho nitro benzene ring substituents is 1. The van der Waals surface area contributed by atoms with Crippen molar-refractivity contribution in [3.8, 4) is 5.75 Å². The lowest BCUT2D eigenvalue weighted by Gasteiger charge is -2.30. The van der Waals surface area contributed by atoms with Gasteiger partial charge >= 0.3 is 0 Å². The van der Waals surface area contributed by atoms with E-state index in [1.54, 1.807) is 12.5 Å². The Morgan fingerprint density at radius 3 is 2.91 bits per heavy atom. The van der Waals surface area contributed by atoms with E-state index >= 15 is 0 Å². The summed E-state index contributed by atoms with van der Waals surface area (Å²) in [7, 11) is 0. The minimum Gasteiger partial charge on any atom is -0.486 e. The van der Waals surface area contributed by atoms with Crippen LogP contribution in [0.1, 0.15) is 19.5 Å². The summed E-state index contributed by atoms with van der Waals surface area (Å²) in [5, 5.41) is 10.8. The highest BCUT2D eigenvalue weighted by molar-refractivity contribution is 5.65. The number of fused-ring (bicyclic) bond motifs is 1. The van der Waals surface area contributed by atoms with Gasteiger partial charge in [-0.05, 0) is 0 Å². The minimum absolute atomic E-state index is 0.0568. The number of hydrogen-bond acceptors (Lipinski definition) is 5. The number of ether oxygens (including phenoxy) is 1. The summed E-state index contributed by atoms with van der Waals surface area (Å²) >= 11 is 0. The number of anilines is 1. The molecular formula is C14H17FN4O3. The summed E-state index contributed by atoms with van der Waals surface area (Å²) in [6.07, 6.45) is 3.20. The fraction of sp³-hybridized carbons (Fsp3) is 0.357. The van der Waals surface area contributed by atoms with Crippen LogP contribution in [-0.4, -0.2) is 28.0 Å². The molecule has 0 fully saturated rings. The third kappa shape index (κ3) is 3.16. The topological polar surface area (TPSA) is 84.3 Å². The van der Waals surface area contributed by atoms with Crippen molar-refractivity contribution in [2.75, 3.05) is 18.1 Å². The molecule has 3 rings (SSSR count). The van der Waals surface area contributed by atoms with Gasteiger partial charge in [0.05, 0.1) is 41.8 Å². The van der Waals surface area contributed by atoms with E-state index in [1.165, 1.54) is 6.07 Å². The first-order valence-electron chi connectivity index (χ1n) is 6.98. The molecule has 118 valence electrons. The number of imidazole rings is 1. The van der Waals surface area contributed by atoms with Gasteiger partial charge in [0.2, 0.25) is 0 Å². The van der Waals surface area contributed by atoms with Crippen LogP contribution >= 0.6 is 0 Å². The van der Waals surface area contributed by atoms with E-state index in [2.05, 4.69) is 9.97 Å². The third-order valence-corrected chi connectivity index (χ3v) is 3.08. The first-order valence-corrected chi connectivity index (χ1v) is 6.98. The van der Waals surface area contributed by atoms with Crippen LogP contribution in [0.4, 0.5) is 15.8 Å². The summed E-state index contributed by atoms with van der Waals surface area (Å²) in [4.78, 5) is 18.9. The molecule has 8 heteroatoms. The van der Waals surface area contributed by atoms with Crippen LogP contribution in [0, 0.1) is 15.9 Å². The number of halogens is 1. The Bertz CT molecular complexity index is 646. The Morgan fingerprint density at radius 2 is 2.27 bits per heavy atom. The molecular weight excluding hydrogens is 291 g/mol. The molecule has 0 atom stereocenters. The van der Waals surface area contributed by atoms with Gasteiger partial charge in [-0.3, -0.25) is 10.1 Å². The van der Waals surface area contributed by atoms with Gasteiger partial charge in [0.1, 0.15) is 6.61 Å². The normalized spacial score (nSPS) is 12.8. The van der Waals surface area contributed by atoms with Crippen molar-refractivity contribution in [2.45, 2.75) is 20.4 Å². The predicted molar refractivity (Wildman–Crippen MR) is 79.5 cm³/mol. The number of nitro groups is 1. The first kappa shape index (κ1) is 15.7. The average Bonchev–Trinajstić information content (AvgIpc) is 3.03. The molecule has 0 unspecified atom stereocenters. The van der Waals surface area contributed by atoms with Crippen molar-refractivity contribution in [3.63, 3.8) is 0 Å².